The molecule has 0 aliphatic heterocycles. The van der Waals surface area contributed by atoms with Gasteiger partial charge in [-0.2, -0.15) is 0 Å². The number of halogens is 2. The van der Waals surface area contributed by atoms with Crippen LogP contribution in [0.1, 0.15) is 10.4 Å². The normalized spacial score (nSPS) is 10.2. The van der Waals surface area contributed by atoms with Crippen molar-refractivity contribution in [2.24, 2.45) is 0 Å². The third-order valence-corrected chi connectivity index (χ3v) is 3.65. The minimum absolute atomic E-state index is 0.0901. The van der Waals surface area contributed by atoms with Crippen molar-refractivity contribution in [2.75, 3.05) is 17.7 Å². The molecule has 0 radical (unpaired) electrons. The number of nitro benzene ring substituents is 1. The molecule has 10 heteroatoms. The molecule has 0 atom stereocenters. The minimum atomic E-state index is -0.913. The Morgan fingerprint density at radius 1 is 1.20 bits per heavy atom. The molecule has 3 N–H and O–H groups in total. The second kappa shape index (κ2) is 7.82. The number of rotatable bonds is 5. The van der Waals surface area contributed by atoms with E-state index >= 15 is 0 Å². The van der Waals surface area contributed by atoms with E-state index in [1.807, 2.05) is 0 Å². The van der Waals surface area contributed by atoms with E-state index in [9.17, 15) is 19.7 Å². The lowest BCUT2D eigenvalue weighted by molar-refractivity contribution is -0.383. The number of benzene rings is 2. The van der Waals surface area contributed by atoms with Crippen LogP contribution in [0, 0.1) is 10.1 Å². The third kappa shape index (κ3) is 4.59. The zero-order valence-corrected chi connectivity index (χ0v) is 14.0. The largest absolute Gasteiger partial charge is 0.452 e. The molecule has 0 unspecified atom stereocenters. The molecular weight excluding hydrogens is 373 g/mol. The molecule has 0 aliphatic carbocycles. The number of nitrogens with zero attached hydrogens (tertiary/aromatic N) is 1. The van der Waals surface area contributed by atoms with Gasteiger partial charge in [0, 0.05) is 6.07 Å². The van der Waals surface area contributed by atoms with Crippen LogP contribution >= 0.6 is 23.2 Å². The second-order valence-electron chi connectivity index (χ2n) is 4.75. The van der Waals surface area contributed by atoms with Crippen LogP contribution in [-0.4, -0.2) is 23.4 Å². The lowest BCUT2D eigenvalue weighted by Gasteiger charge is -2.09. The first-order valence-electron chi connectivity index (χ1n) is 6.74. The Morgan fingerprint density at radius 2 is 1.84 bits per heavy atom. The molecule has 0 aromatic heterocycles. The number of nitrogen functional groups attached to an aromatic ring is 1. The van der Waals surface area contributed by atoms with Crippen molar-refractivity contribution in [3.8, 4) is 0 Å². The Bertz CT molecular complexity index is 837. The number of carbonyl (C=O) groups is 2. The molecule has 1 amide bonds. The van der Waals surface area contributed by atoms with Crippen molar-refractivity contribution in [2.45, 2.75) is 0 Å². The molecule has 2 rings (SSSR count). The van der Waals surface area contributed by atoms with Crippen LogP contribution in [0.5, 0.6) is 0 Å². The highest BCUT2D eigenvalue weighted by molar-refractivity contribution is 6.39. The van der Waals surface area contributed by atoms with Gasteiger partial charge in [-0.1, -0.05) is 29.3 Å². The van der Waals surface area contributed by atoms with Crippen LogP contribution in [0.4, 0.5) is 17.1 Å². The van der Waals surface area contributed by atoms with Gasteiger partial charge in [-0.3, -0.25) is 14.9 Å². The maximum atomic E-state index is 11.9. The molecule has 0 saturated carbocycles. The first kappa shape index (κ1) is 18.5. The molecule has 8 nitrogen and oxygen atoms in total. The summed E-state index contributed by atoms with van der Waals surface area (Å²) in [4.78, 5) is 33.8. The van der Waals surface area contributed by atoms with Crippen LogP contribution in [0.2, 0.25) is 10.0 Å². The van der Waals surface area contributed by atoms with Gasteiger partial charge in [-0.05, 0) is 24.3 Å². The average molecular weight is 384 g/mol. The van der Waals surface area contributed by atoms with E-state index in [-0.39, 0.29) is 27.0 Å². The molecular formula is C15H11Cl2N3O5. The van der Waals surface area contributed by atoms with Gasteiger partial charge in [0.05, 0.1) is 26.2 Å². The lowest BCUT2D eigenvalue weighted by Crippen LogP contribution is -2.21. The molecule has 0 spiro atoms. The fourth-order valence-corrected chi connectivity index (χ4v) is 2.33. The van der Waals surface area contributed by atoms with Gasteiger partial charge in [0.2, 0.25) is 0 Å². The zero-order chi connectivity index (χ0) is 18.6. The average Bonchev–Trinajstić information content (AvgIpc) is 2.56. The number of nitrogens with two attached hydrogens (primary N) is 1. The topological polar surface area (TPSA) is 125 Å². The number of esters is 1. The first-order chi connectivity index (χ1) is 11.8. The van der Waals surface area contributed by atoms with Gasteiger partial charge < -0.3 is 15.8 Å². The van der Waals surface area contributed by atoms with Crippen molar-refractivity contribution < 1.29 is 19.2 Å². The summed E-state index contributed by atoms with van der Waals surface area (Å²) in [5.74, 6) is -1.59. The van der Waals surface area contributed by atoms with Crippen LogP contribution in [-0.2, 0) is 9.53 Å². The van der Waals surface area contributed by atoms with E-state index in [0.29, 0.717) is 0 Å². The number of ether oxygens (including phenoxy) is 1. The number of hydrogen-bond donors (Lipinski definition) is 2. The number of carbonyl (C=O) groups excluding carboxylic acids is 2. The Kier molecular flexibility index (Phi) is 5.79. The number of nitrogens with one attached hydrogen (secondary N) is 1. The van der Waals surface area contributed by atoms with Crippen LogP contribution in [0.25, 0.3) is 0 Å². The van der Waals surface area contributed by atoms with Crippen LogP contribution in [0.15, 0.2) is 36.4 Å². The van der Waals surface area contributed by atoms with E-state index in [2.05, 4.69) is 5.32 Å². The zero-order valence-electron chi connectivity index (χ0n) is 12.5. The number of amides is 1. The molecule has 25 heavy (non-hydrogen) atoms. The van der Waals surface area contributed by atoms with E-state index in [1.54, 1.807) is 6.07 Å². The summed E-state index contributed by atoms with van der Waals surface area (Å²) >= 11 is 11.8. The standard InChI is InChI=1S/C15H11Cl2N3O5/c16-9-2-1-3-10(17)14(9)19-13(21)7-25-15(22)8-4-5-11(18)12(6-8)20(23)24/h1-6H,7,18H2,(H,19,21). The van der Waals surface area contributed by atoms with Gasteiger partial charge in [-0.25, -0.2) is 4.79 Å². The first-order valence-corrected chi connectivity index (χ1v) is 7.50. The van der Waals surface area contributed by atoms with Gasteiger partial charge in [0.1, 0.15) is 5.69 Å². The van der Waals surface area contributed by atoms with Gasteiger partial charge in [0.25, 0.3) is 11.6 Å². The number of anilines is 2. The highest BCUT2D eigenvalue weighted by atomic mass is 35.5. The summed E-state index contributed by atoms with van der Waals surface area (Å²) in [7, 11) is 0. The molecule has 0 heterocycles. The summed E-state index contributed by atoms with van der Waals surface area (Å²) in [6.07, 6.45) is 0. The van der Waals surface area contributed by atoms with Crippen molar-refractivity contribution in [3.05, 3.63) is 62.1 Å². The minimum Gasteiger partial charge on any atom is -0.452 e. The quantitative estimate of drug-likeness (QED) is 0.353. The van der Waals surface area contributed by atoms with Crippen LogP contribution < -0.4 is 11.1 Å². The number of hydrogen-bond acceptors (Lipinski definition) is 6. The Labute approximate surface area is 151 Å². The highest BCUT2D eigenvalue weighted by Gasteiger charge is 2.18. The third-order valence-electron chi connectivity index (χ3n) is 3.02. The SMILES string of the molecule is Nc1ccc(C(=O)OCC(=O)Nc2c(Cl)cccc2Cl)cc1[N+](=O)[O-]. The summed E-state index contributed by atoms with van der Waals surface area (Å²) in [6, 6.07) is 8.10. The van der Waals surface area contributed by atoms with E-state index in [1.165, 1.54) is 24.3 Å². The van der Waals surface area contributed by atoms with E-state index in [0.717, 1.165) is 6.07 Å². The maximum absolute atomic E-state index is 11.9. The van der Waals surface area contributed by atoms with Crippen molar-refractivity contribution in [3.63, 3.8) is 0 Å². The maximum Gasteiger partial charge on any atom is 0.338 e. The predicted octanol–water partition coefficient (Wildman–Crippen LogP) is 3.28. The number of nitro groups is 1. The van der Waals surface area contributed by atoms with Gasteiger partial charge in [-0.15, -0.1) is 0 Å². The summed E-state index contributed by atoms with van der Waals surface area (Å²) < 4.78 is 4.82. The molecule has 0 fully saturated rings. The number of para-hydroxylation sites is 1. The smallest absolute Gasteiger partial charge is 0.338 e. The fraction of sp³-hybridized carbons (Fsp3) is 0.0667. The fourth-order valence-electron chi connectivity index (χ4n) is 1.84. The Hall–Kier alpha value is -2.84. The molecule has 130 valence electrons. The summed E-state index contributed by atoms with van der Waals surface area (Å²) in [5.41, 5.74) is 5.01. The lowest BCUT2D eigenvalue weighted by atomic mass is 10.2. The predicted molar refractivity (Wildman–Crippen MR) is 92.9 cm³/mol. The van der Waals surface area contributed by atoms with Gasteiger partial charge >= 0.3 is 5.97 Å². The Balaban J connectivity index is 2.01. The summed E-state index contributed by atoms with van der Waals surface area (Å²) in [6.45, 7) is -0.626. The van der Waals surface area contributed by atoms with Crippen molar-refractivity contribution in [1.29, 1.82) is 0 Å². The molecule has 0 aliphatic rings. The Morgan fingerprint density at radius 3 is 2.44 bits per heavy atom. The molecule has 2 aromatic rings. The van der Waals surface area contributed by atoms with E-state index < -0.39 is 29.1 Å². The molecule has 0 bridgehead atoms. The second-order valence-corrected chi connectivity index (χ2v) is 5.57. The molecule has 2 aromatic carbocycles. The monoisotopic (exact) mass is 383 g/mol. The van der Waals surface area contributed by atoms with E-state index in [4.69, 9.17) is 33.7 Å². The van der Waals surface area contributed by atoms with Crippen LogP contribution in [0.3, 0.4) is 0 Å². The summed E-state index contributed by atoms with van der Waals surface area (Å²) in [5, 5.41) is 13.7. The van der Waals surface area contributed by atoms with Gasteiger partial charge in [0.15, 0.2) is 6.61 Å². The highest BCUT2D eigenvalue weighted by Crippen LogP contribution is 2.29. The molecule has 0 saturated heterocycles. The van der Waals surface area contributed by atoms with Crippen molar-refractivity contribution in [1.82, 2.24) is 0 Å². The van der Waals surface area contributed by atoms with Crippen molar-refractivity contribution >= 4 is 52.1 Å².